The van der Waals surface area contributed by atoms with Crippen LogP contribution in [-0.2, 0) is 4.79 Å². The van der Waals surface area contributed by atoms with Crippen molar-refractivity contribution < 1.29 is 9.53 Å². The van der Waals surface area contributed by atoms with Gasteiger partial charge in [-0.05, 0) is 36.8 Å². The Morgan fingerprint density at radius 3 is 2.77 bits per heavy atom. The topological polar surface area (TPSA) is 51.2 Å². The second-order valence-electron chi connectivity index (χ2n) is 5.55. The lowest BCUT2D eigenvalue weighted by Gasteiger charge is -2.10. The molecular formula is C19H17BrN2O2S2. The van der Waals surface area contributed by atoms with Gasteiger partial charge in [-0.15, -0.1) is 11.3 Å². The van der Waals surface area contributed by atoms with Gasteiger partial charge in [-0.2, -0.15) is 0 Å². The molecule has 0 aliphatic rings. The Bertz CT molecular complexity index is 910. The Morgan fingerprint density at radius 1 is 1.27 bits per heavy atom. The molecule has 3 aromatic rings. The van der Waals surface area contributed by atoms with Crippen molar-refractivity contribution in [2.45, 2.75) is 11.3 Å². The average molecular weight is 449 g/mol. The Balaban J connectivity index is 1.60. The zero-order chi connectivity index (χ0) is 18.5. The molecule has 26 heavy (non-hydrogen) atoms. The Hall–Kier alpha value is -1.83. The molecule has 0 saturated carbocycles. The number of aryl methyl sites for hydroxylation is 1. The predicted molar refractivity (Wildman–Crippen MR) is 112 cm³/mol. The largest absolute Gasteiger partial charge is 0.495 e. The van der Waals surface area contributed by atoms with Gasteiger partial charge in [0.15, 0.2) is 4.34 Å². The van der Waals surface area contributed by atoms with Crippen LogP contribution in [0.15, 0.2) is 56.7 Å². The summed E-state index contributed by atoms with van der Waals surface area (Å²) in [6.45, 7) is 1.98. The van der Waals surface area contributed by atoms with Gasteiger partial charge >= 0.3 is 0 Å². The molecule has 0 unspecified atom stereocenters. The predicted octanol–water partition coefficient (Wildman–Crippen LogP) is 5.62. The van der Waals surface area contributed by atoms with Crippen molar-refractivity contribution in [3.8, 4) is 17.0 Å². The third kappa shape index (κ3) is 4.87. The number of rotatable bonds is 6. The van der Waals surface area contributed by atoms with Crippen LogP contribution in [0.1, 0.15) is 5.56 Å². The third-order valence-corrected chi connectivity index (χ3v) is 6.13. The molecule has 2 aromatic carbocycles. The van der Waals surface area contributed by atoms with Gasteiger partial charge in [0.05, 0.1) is 24.2 Å². The minimum Gasteiger partial charge on any atom is -0.495 e. The molecule has 1 heterocycles. The van der Waals surface area contributed by atoms with E-state index in [2.05, 4.69) is 26.2 Å². The van der Waals surface area contributed by atoms with E-state index in [-0.39, 0.29) is 5.91 Å². The van der Waals surface area contributed by atoms with E-state index < -0.39 is 0 Å². The van der Waals surface area contributed by atoms with E-state index in [1.54, 1.807) is 18.4 Å². The van der Waals surface area contributed by atoms with Crippen LogP contribution in [0.3, 0.4) is 0 Å². The molecule has 1 N–H and O–H groups in total. The van der Waals surface area contributed by atoms with Gasteiger partial charge < -0.3 is 10.1 Å². The van der Waals surface area contributed by atoms with Gasteiger partial charge in [-0.1, -0.05) is 45.9 Å². The molecule has 0 aliphatic carbocycles. The van der Waals surface area contributed by atoms with Crippen LogP contribution in [0.5, 0.6) is 5.75 Å². The number of amides is 1. The van der Waals surface area contributed by atoms with Crippen LogP contribution in [0.4, 0.5) is 5.69 Å². The number of carbonyl (C=O) groups is 1. The highest BCUT2D eigenvalue weighted by Gasteiger charge is 2.11. The number of thioether (sulfide) groups is 1. The highest BCUT2D eigenvalue weighted by Crippen LogP contribution is 2.30. The highest BCUT2D eigenvalue weighted by atomic mass is 79.9. The smallest absolute Gasteiger partial charge is 0.234 e. The summed E-state index contributed by atoms with van der Waals surface area (Å²) in [4.78, 5) is 16.9. The number of thiazole rings is 1. The van der Waals surface area contributed by atoms with Gasteiger partial charge in [-0.3, -0.25) is 4.79 Å². The van der Waals surface area contributed by atoms with Crippen LogP contribution in [0.25, 0.3) is 11.3 Å². The number of anilines is 1. The van der Waals surface area contributed by atoms with Crippen molar-refractivity contribution in [3.63, 3.8) is 0 Å². The number of ether oxygens (including phenoxy) is 1. The van der Waals surface area contributed by atoms with Gasteiger partial charge in [0.1, 0.15) is 5.75 Å². The fraction of sp³-hybridized carbons (Fsp3) is 0.158. The van der Waals surface area contributed by atoms with E-state index in [1.807, 2.05) is 54.8 Å². The normalized spacial score (nSPS) is 10.6. The zero-order valence-electron chi connectivity index (χ0n) is 14.3. The van der Waals surface area contributed by atoms with E-state index in [0.29, 0.717) is 17.2 Å². The maximum atomic E-state index is 12.3. The van der Waals surface area contributed by atoms with Crippen molar-refractivity contribution in [3.05, 3.63) is 57.9 Å². The summed E-state index contributed by atoms with van der Waals surface area (Å²) in [7, 11) is 1.59. The first-order valence-electron chi connectivity index (χ1n) is 7.84. The van der Waals surface area contributed by atoms with Gasteiger partial charge in [0, 0.05) is 15.4 Å². The van der Waals surface area contributed by atoms with Crippen molar-refractivity contribution >= 4 is 50.6 Å². The molecule has 4 nitrogen and oxygen atoms in total. The number of nitrogens with one attached hydrogen (secondary N) is 1. The number of nitrogens with zero attached hydrogens (tertiary/aromatic N) is 1. The Morgan fingerprint density at radius 2 is 2.04 bits per heavy atom. The van der Waals surface area contributed by atoms with E-state index >= 15 is 0 Å². The minimum absolute atomic E-state index is 0.0840. The van der Waals surface area contributed by atoms with Crippen molar-refractivity contribution in [2.24, 2.45) is 0 Å². The number of carbonyl (C=O) groups excluding carboxylic acids is 1. The Kier molecular flexibility index (Phi) is 6.34. The summed E-state index contributed by atoms with van der Waals surface area (Å²) in [6, 6.07) is 13.7. The molecule has 0 spiro atoms. The molecule has 134 valence electrons. The lowest BCUT2D eigenvalue weighted by atomic mass is 10.2. The van der Waals surface area contributed by atoms with Gasteiger partial charge in [0.2, 0.25) is 5.91 Å². The average Bonchev–Trinajstić information content (AvgIpc) is 3.10. The number of aromatic nitrogens is 1. The summed E-state index contributed by atoms with van der Waals surface area (Å²) < 4.78 is 7.20. The van der Waals surface area contributed by atoms with E-state index in [1.165, 1.54) is 11.8 Å². The molecule has 7 heteroatoms. The van der Waals surface area contributed by atoms with Crippen LogP contribution < -0.4 is 10.1 Å². The molecule has 3 rings (SSSR count). The van der Waals surface area contributed by atoms with Crippen molar-refractivity contribution in [1.82, 2.24) is 4.98 Å². The Labute approximate surface area is 169 Å². The first-order valence-corrected chi connectivity index (χ1v) is 10.5. The third-order valence-electron chi connectivity index (χ3n) is 3.58. The quantitative estimate of drug-likeness (QED) is 0.497. The second kappa shape index (κ2) is 8.70. The van der Waals surface area contributed by atoms with E-state index in [0.717, 1.165) is 25.6 Å². The van der Waals surface area contributed by atoms with Crippen molar-refractivity contribution in [2.75, 3.05) is 18.2 Å². The second-order valence-corrected chi connectivity index (χ2v) is 8.54. The van der Waals surface area contributed by atoms with Crippen LogP contribution in [0, 0.1) is 6.92 Å². The van der Waals surface area contributed by atoms with Gasteiger partial charge in [0.25, 0.3) is 0 Å². The number of halogens is 1. The lowest BCUT2D eigenvalue weighted by molar-refractivity contribution is -0.113. The summed E-state index contributed by atoms with van der Waals surface area (Å²) in [5.74, 6) is 0.865. The SMILES string of the molecule is COc1ccc(C)cc1NC(=O)CSc1nc(-c2ccc(Br)cc2)cs1. The summed E-state index contributed by atoms with van der Waals surface area (Å²) >= 11 is 6.40. The summed E-state index contributed by atoms with van der Waals surface area (Å²) in [5.41, 5.74) is 3.73. The summed E-state index contributed by atoms with van der Waals surface area (Å²) in [5, 5.41) is 4.91. The fourth-order valence-corrected chi connectivity index (χ4v) is 4.21. The molecule has 0 aliphatic heterocycles. The molecule has 0 bridgehead atoms. The molecule has 0 atom stereocenters. The number of hydrogen-bond acceptors (Lipinski definition) is 5. The van der Waals surface area contributed by atoms with E-state index in [4.69, 9.17) is 4.74 Å². The maximum Gasteiger partial charge on any atom is 0.234 e. The molecule has 1 amide bonds. The minimum atomic E-state index is -0.0840. The number of methoxy groups -OCH3 is 1. The highest BCUT2D eigenvalue weighted by molar-refractivity contribution is 9.10. The van der Waals surface area contributed by atoms with Crippen LogP contribution >= 0.6 is 39.0 Å². The maximum absolute atomic E-state index is 12.3. The summed E-state index contributed by atoms with van der Waals surface area (Å²) in [6.07, 6.45) is 0. The molecule has 0 fully saturated rings. The lowest BCUT2D eigenvalue weighted by Crippen LogP contribution is -2.14. The standard InChI is InChI=1S/C19H17BrN2O2S2/c1-12-3-8-17(24-2)15(9-12)21-18(23)11-26-19-22-16(10-25-19)13-4-6-14(20)7-5-13/h3-10H,11H2,1-2H3,(H,21,23). The molecule has 1 aromatic heterocycles. The number of hydrogen-bond donors (Lipinski definition) is 1. The molecule has 0 saturated heterocycles. The number of benzene rings is 2. The first-order chi connectivity index (χ1) is 12.5. The molecule has 0 radical (unpaired) electrons. The zero-order valence-corrected chi connectivity index (χ0v) is 17.5. The van der Waals surface area contributed by atoms with Crippen molar-refractivity contribution in [1.29, 1.82) is 0 Å². The monoisotopic (exact) mass is 448 g/mol. The van der Waals surface area contributed by atoms with Gasteiger partial charge in [-0.25, -0.2) is 4.98 Å². The van der Waals surface area contributed by atoms with Crippen LogP contribution in [-0.4, -0.2) is 23.8 Å². The van der Waals surface area contributed by atoms with E-state index in [9.17, 15) is 4.79 Å². The fourth-order valence-electron chi connectivity index (χ4n) is 2.31. The first kappa shape index (κ1) is 18.9. The van der Waals surface area contributed by atoms with Crippen LogP contribution in [0.2, 0.25) is 0 Å². The molecular weight excluding hydrogens is 432 g/mol.